The highest BCUT2D eigenvalue weighted by atomic mass is 19.4. The fourth-order valence-corrected chi connectivity index (χ4v) is 2.20. The van der Waals surface area contributed by atoms with Crippen molar-refractivity contribution >= 4 is 5.69 Å². The van der Waals surface area contributed by atoms with Crippen LogP contribution in [0, 0.1) is 13.8 Å². The molecule has 112 valence electrons. The standard InChI is InChI=1S/C16H16F3NO/c1-10-6-14(20)7-11(2)15(10)21-9-12-4-3-5-13(8-12)16(17,18)19/h3-8H,9,20H2,1-2H3. The van der Waals surface area contributed by atoms with Crippen molar-refractivity contribution in [1.82, 2.24) is 0 Å². The Morgan fingerprint density at radius 1 is 1.05 bits per heavy atom. The molecule has 0 aliphatic rings. The summed E-state index contributed by atoms with van der Waals surface area (Å²) in [5.41, 5.74) is 7.88. The van der Waals surface area contributed by atoms with Crippen molar-refractivity contribution < 1.29 is 17.9 Å². The fourth-order valence-electron chi connectivity index (χ4n) is 2.20. The quantitative estimate of drug-likeness (QED) is 0.847. The number of hydrogen-bond donors (Lipinski definition) is 1. The summed E-state index contributed by atoms with van der Waals surface area (Å²) < 4.78 is 43.6. The maximum atomic E-state index is 12.6. The molecule has 0 spiro atoms. The van der Waals surface area contributed by atoms with E-state index < -0.39 is 11.7 Å². The third-order valence-corrected chi connectivity index (χ3v) is 3.12. The molecule has 0 aliphatic heterocycles. The highest BCUT2D eigenvalue weighted by molar-refractivity contribution is 5.52. The average Bonchev–Trinajstić information content (AvgIpc) is 2.36. The number of benzene rings is 2. The van der Waals surface area contributed by atoms with Gasteiger partial charge in [0.1, 0.15) is 12.4 Å². The molecular formula is C16H16F3NO. The Bertz CT molecular complexity index is 627. The Morgan fingerprint density at radius 2 is 1.67 bits per heavy atom. The van der Waals surface area contributed by atoms with Crippen molar-refractivity contribution in [1.29, 1.82) is 0 Å². The van der Waals surface area contributed by atoms with Gasteiger partial charge < -0.3 is 10.5 Å². The van der Waals surface area contributed by atoms with Gasteiger partial charge >= 0.3 is 6.18 Å². The van der Waals surface area contributed by atoms with Crippen molar-refractivity contribution in [2.24, 2.45) is 0 Å². The summed E-state index contributed by atoms with van der Waals surface area (Å²) in [4.78, 5) is 0. The molecule has 0 heterocycles. The lowest BCUT2D eigenvalue weighted by Crippen LogP contribution is -2.06. The smallest absolute Gasteiger partial charge is 0.416 e. The second-order valence-electron chi connectivity index (χ2n) is 4.97. The highest BCUT2D eigenvalue weighted by Crippen LogP contribution is 2.30. The van der Waals surface area contributed by atoms with Gasteiger partial charge in [0, 0.05) is 5.69 Å². The molecule has 0 aliphatic carbocycles. The van der Waals surface area contributed by atoms with Crippen LogP contribution >= 0.6 is 0 Å². The molecular weight excluding hydrogens is 279 g/mol. The molecule has 2 N–H and O–H groups in total. The van der Waals surface area contributed by atoms with Crippen LogP contribution in [0.3, 0.4) is 0 Å². The number of aryl methyl sites for hydroxylation is 2. The van der Waals surface area contributed by atoms with Crippen LogP contribution in [0.25, 0.3) is 0 Å². The van der Waals surface area contributed by atoms with Gasteiger partial charge in [0.25, 0.3) is 0 Å². The Kier molecular flexibility index (Phi) is 4.11. The number of hydrogen-bond acceptors (Lipinski definition) is 2. The van der Waals surface area contributed by atoms with Crippen LogP contribution in [-0.2, 0) is 12.8 Å². The van der Waals surface area contributed by atoms with E-state index in [0.29, 0.717) is 17.0 Å². The number of halogens is 3. The lowest BCUT2D eigenvalue weighted by Gasteiger charge is -2.14. The Hall–Kier alpha value is -2.17. The number of nitrogens with two attached hydrogens (primary N) is 1. The average molecular weight is 295 g/mol. The number of alkyl halides is 3. The Labute approximate surface area is 121 Å². The molecule has 0 bridgehead atoms. The fraction of sp³-hybridized carbons (Fsp3) is 0.250. The number of ether oxygens (including phenoxy) is 1. The van der Waals surface area contributed by atoms with Crippen LogP contribution in [0.4, 0.5) is 18.9 Å². The van der Waals surface area contributed by atoms with E-state index in [4.69, 9.17) is 10.5 Å². The number of rotatable bonds is 3. The molecule has 0 saturated carbocycles. The zero-order chi connectivity index (χ0) is 15.6. The predicted octanol–water partition coefficient (Wildman–Crippen LogP) is 4.48. The Balaban J connectivity index is 2.18. The second kappa shape index (κ2) is 5.68. The van der Waals surface area contributed by atoms with E-state index >= 15 is 0 Å². The minimum atomic E-state index is -4.34. The van der Waals surface area contributed by atoms with Gasteiger partial charge in [-0.2, -0.15) is 13.2 Å². The molecule has 2 aromatic rings. The van der Waals surface area contributed by atoms with Gasteiger partial charge in [-0.1, -0.05) is 12.1 Å². The normalized spacial score (nSPS) is 11.5. The van der Waals surface area contributed by atoms with E-state index in [1.807, 2.05) is 13.8 Å². The zero-order valence-corrected chi connectivity index (χ0v) is 11.8. The lowest BCUT2D eigenvalue weighted by atomic mass is 10.1. The maximum Gasteiger partial charge on any atom is 0.416 e. The summed E-state index contributed by atoms with van der Waals surface area (Å²) >= 11 is 0. The van der Waals surface area contributed by atoms with Gasteiger partial charge in [0.15, 0.2) is 0 Å². The van der Waals surface area contributed by atoms with Crippen molar-refractivity contribution in [3.05, 3.63) is 58.7 Å². The molecule has 5 heteroatoms. The topological polar surface area (TPSA) is 35.2 Å². The van der Waals surface area contributed by atoms with Gasteiger partial charge in [-0.3, -0.25) is 0 Å². The van der Waals surface area contributed by atoms with Gasteiger partial charge in [-0.05, 0) is 54.8 Å². The monoisotopic (exact) mass is 295 g/mol. The molecule has 0 aromatic heterocycles. The molecule has 0 saturated heterocycles. The largest absolute Gasteiger partial charge is 0.488 e. The van der Waals surface area contributed by atoms with Crippen molar-refractivity contribution in [2.45, 2.75) is 26.6 Å². The molecule has 0 atom stereocenters. The van der Waals surface area contributed by atoms with E-state index in [1.54, 1.807) is 18.2 Å². The maximum absolute atomic E-state index is 12.6. The van der Waals surface area contributed by atoms with E-state index in [-0.39, 0.29) is 6.61 Å². The molecule has 0 fully saturated rings. The molecule has 2 nitrogen and oxygen atoms in total. The van der Waals surface area contributed by atoms with Gasteiger partial charge in [-0.15, -0.1) is 0 Å². The predicted molar refractivity (Wildman–Crippen MR) is 76.1 cm³/mol. The van der Waals surface area contributed by atoms with Crippen LogP contribution < -0.4 is 10.5 Å². The minimum absolute atomic E-state index is 0.0789. The lowest BCUT2D eigenvalue weighted by molar-refractivity contribution is -0.137. The highest BCUT2D eigenvalue weighted by Gasteiger charge is 2.30. The first-order chi connectivity index (χ1) is 9.77. The summed E-state index contributed by atoms with van der Waals surface area (Å²) in [7, 11) is 0. The second-order valence-corrected chi connectivity index (χ2v) is 4.97. The van der Waals surface area contributed by atoms with Crippen molar-refractivity contribution in [3.63, 3.8) is 0 Å². The number of nitrogen functional groups attached to an aromatic ring is 1. The molecule has 0 radical (unpaired) electrons. The minimum Gasteiger partial charge on any atom is -0.488 e. The van der Waals surface area contributed by atoms with E-state index in [2.05, 4.69) is 0 Å². The third kappa shape index (κ3) is 3.68. The van der Waals surface area contributed by atoms with E-state index in [0.717, 1.165) is 23.3 Å². The van der Waals surface area contributed by atoms with Crippen LogP contribution in [0.1, 0.15) is 22.3 Å². The first-order valence-electron chi connectivity index (χ1n) is 6.43. The van der Waals surface area contributed by atoms with E-state index in [1.165, 1.54) is 6.07 Å². The molecule has 2 aromatic carbocycles. The number of anilines is 1. The van der Waals surface area contributed by atoms with Crippen LogP contribution in [-0.4, -0.2) is 0 Å². The molecule has 21 heavy (non-hydrogen) atoms. The summed E-state index contributed by atoms with van der Waals surface area (Å²) in [5, 5.41) is 0. The van der Waals surface area contributed by atoms with Gasteiger partial charge in [0.2, 0.25) is 0 Å². The zero-order valence-electron chi connectivity index (χ0n) is 11.8. The molecule has 0 unspecified atom stereocenters. The summed E-state index contributed by atoms with van der Waals surface area (Å²) in [6.45, 7) is 3.78. The van der Waals surface area contributed by atoms with Crippen LogP contribution in [0.5, 0.6) is 5.75 Å². The summed E-state index contributed by atoms with van der Waals surface area (Å²) in [6.07, 6.45) is -4.34. The van der Waals surface area contributed by atoms with Crippen LogP contribution in [0.2, 0.25) is 0 Å². The van der Waals surface area contributed by atoms with Crippen molar-refractivity contribution in [3.8, 4) is 5.75 Å². The van der Waals surface area contributed by atoms with Crippen LogP contribution in [0.15, 0.2) is 36.4 Å². The summed E-state index contributed by atoms with van der Waals surface area (Å²) in [6, 6.07) is 8.68. The summed E-state index contributed by atoms with van der Waals surface area (Å²) in [5.74, 6) is 0.654. The Morgan fingerprint density at radius 3 is 2.24 bits per heavy atom. The molecule has 2 rings (SSSR count). The SMILES string of the molecule is Cc1cc(N)cc(C)c1OCc1cccc(C(F)(F)F)c1. The van der Waals surface area contributed by atoms with Gasteiger partial charge in [-0.25, -0.2) is 0 Å². The first-order valence-corrected chi connectivity index (χ1v) is 6.43. The molecule has 0 amide bonds. The third-order valence-electron chi connectivity index (χ3n) is 3.12. The van der Waals surface area contributed by atoms with Crippen molar-refractivity contribution in [2.75, 3.05) is 5.73 Å². The van der Waals surface area contributed by atoms with E-state index in [9.17, 15) is 13.2 Å². The first kappa shape index (κ1) is 15.2. The van der Waals surface area contributed by atoms with Gasteiger partial charge in [0.05, 0.1) is 5.56 Å².